The fourth-order valence-corrected chi connectivity index (χ4v) is 3.16. The van der Waals surface area contributed by atoms with Crippen molar-refractivity contribution in [3.05, 3.63) is 70.8 Å². The minimum Gasteiger partial charge on any atom is -0.481 e. The molecule has 0 radical (unpaired) electrons. The van der Waals surface area contributed by atoms with Crippen LogP contribution in [0.4, 0.5) is 8.78 Å². The molecular formula is C17H14F2O2. The van der Waals surface area contributed by atoms with Gasteiger partial charge in [-0.1, -0.05) is 24.3 Å². The summed E-state index contributed by atoms with van der Waals surface area (Å²) in [5, 5.41) is 9.44. The van der Waals surface area contributed by atoms with Crippen LogP contribution in [-0.2, 0) is 11.2 Å². The zero-order chi connectivity index (χ0) is 15.0. The zero-order valence-electron chi connectivity index (χ0n) is 11.2. The van der Waals surface area contributed by atoms with Gasteiger partial charge in [-0.15, -0.1) is 0 Å². The Balaban J connectivity index is 2.19. The molecule has 1 N–H and O–H groups in total. The van der Waals surface area contributed by atoms with Crippen molar-refractivity contribution in [2.45, 2.75) is 18.8 Å². The number of carboxylic acid groups (broad SMARTS) is 1. The lowest BCUT2D eigenvalue weighted by Crippen LogP contribution is -2.29. The summed E-state index contributed by atoms with van der Waals surface area (Å²) >= 11 is 0. The molecule has 2 aromatic rings. The van der Waals surface area contributed by atoms with Crippen molar-refractivity contribution < 1.29 is 18.7 Å². The Kier molecular flexibility index (Phi) is 3.45. The van der Waals surface area contributed by atoms with Crippen molar-refractivity contribution in [2.75, 3.05) is 0 Å². The van der Waals surface area contributed by atoms with Crippen molar-refractivity contribution in [2.24, 2.45) is 5.92 Å². The predicted molar refractivity (Wildman–Crippen MR) is 74.1 cm³/mol. The van der Waals surface area contributed by atoms with Gasteiger partial charge in [-0.25, -0.2) is 8.78 Å². The van der Waals surface area contributed by atoms with Gasteiger partial charge in [-0.05, 0) is 47.7 Å². The van der Waals surface area contributed by atoms with Gasteiger partial charge in [0.05, 0.1) is 5.92 Å². The number of halogens is 2. The number of hydrogen-bond donors (Lipinski definition) is 1. The molecule has 2 atom stereocenters. The van der Waals surface area contributed by atoms with E-state index in [2.05, 4.69) is 0 Å². The average molecular weight is 288 g/mol. The smallest absolute Gasteiger partial charge is 0.307 e. The van der Waals surface area contributed by atoms with Crippen LogP contribution in [0.15, 0.2) is 42.5 Å². The molecule has 2 unspecified atom stereocenters. The lowest BCUT2D eigenvalue weighted by atomic mass is 9.72. The van der Waals surface area contributed by atoms with Gasteiger partial charge >= 0.3 is 5.97 Å². The van der Waals surface area contributed by atoms with Crippen molar-refractivity contribution in [1.29, 1.82) is 0 Å². The van der Waals surface area contributed by atoms with E-state index in [4.69, 9.17) is 0 Å². The summed E-state index contributed by atoms with van der Waals surface area (Å²) in [4.78, 5) is 11.5. The number of carboxylic acids is 1. The van der Waals surface area contributed by atoms with Crippen LogP contribution in [0.3, 0.4) is 0 Å². The molecule has 1 aliphatic rings. The highest BCUT2D eigenvalue weighted by Gasteiger charge is 2.36. The largest absolute Gasteiger partial charge is 0.481 e. The predicted octanol–water partition coefficient (Wildman–Crippen LogP) is 3.74. The van der Waals surface area contributed by atoms with E-state index in [1.807, 2.05) is 12.1 Å². The van der Waals surface area contributed by atoms with Gasteiger partial charge in [-0.2, -0.15) is 0 Å². The van der Waals surface area contributed by atoms with Crippen molar-refractivity contribution >= 4 is 5.97 Å². The Morgan fingerprint density at radius 2 is 1.86 bits per heavy atom. The maximum atomic E-state index is 14.1. The molecular weight excluding hydrogens is 274 g/mol. The molecule has 0 saturated carbocycles. The highest BCUT2D eigenvalue weighted by Crippen LogP contribution is 2.42. The zero-order valence-corrected chi connectivity index (χ0v) is 11.2. The monoisotopic (exact) mass is 288 g/mol. The Morgan fingerprint density at radius 1 is 1.10 bits per heavy atom. The topological polar surface area (TPSA) is 37.3 Å². The van der Waals surface area contributed by atoms with Gasteiger partial charge in [0.2, 0.25) is 0 Å². The Bertz CT molecular complexity index is 697. The second-order valence-electron chi connectivity index (χ2n) is 5.33. The van der Waals surface area contributed by atoms with E-state index in [9.17, 15) is 18.7 Å². The van der Waals surface area contributed by atoms with Gasteiger partial charge in [0.15, 0.2) is 0 Å². The Hall–Kier alpha value is -2.23. The molecule has 1 aliphatic carbocycles. The van der Waals surface area contributed by atoms with E-state index in [1.54, 1.807) is 12.1 Å². The molecule has 0 heterocycles. The molecule has 108 valence electrons. The first-order valence-electron chi connectivity index (χ1n) is 6.83. The van der Waals surface area contributed by atoms with Crippen LogP contribution in [0.25, 0.3) is 0 Å². The molecule has 0 aliphatic heterocycles. The SMILES string of the molecule is O=C(O)C1CCc2ccccc2C1c1cc(F)ccc1F. The Morgan fingerprint density at radius 3 is 2.62 bits per heavy atom. The van der Waals surface area contributed by atoms with E-state index in [1.165, 1.54) is 0 Å². The van der Waals surface area contributed by atoms with Crippen molar-refractivity contribution in [3.8, 4) is 0 Å². The molecule has 4 heteroatoms. The van der Waals surface area contributed by atoms with Crippen LogP contribution in [0.5, 0.6) is 0 Å². The number of carbonyl (C=O) groups is 1. The van der Waals surface area contributed by atoms with E-state index in [0.717, 1.165) is 29.3 Å². The van der Waals surface area contributed by atoms with Crippen molar-refractivity contribution in [3.63, 3.8) is 0 Å². The summed E-state index contributed by atoms with van der Waals surface area (Å²) in [7, 11) is 0. The molecule has 0 spiro atoms. The van der Waals surface area contributed by atoms with Crippen molar-refractivity contribution in [1.82, 2.24) is 0 Å². The molecule has 2 nitrogen and oxygen atoms in total. The summed E-state index contributed by atoms with van der Waals surface area (Å²) in [5.74, 6) is -3.49. The minimum atomic E-state index is -0.974. The first-order chi connectivity index (χ1) is 10.1. The first-order valence-corrected chi connectivity index (χ1v) is 6.83. The number of benzene rings is 2. The molecule has 0 saturated heterocycles. The third-order valence-electron chi connectivity index (χ3n) is 4.13. The van der Waals surface area contributed by atoms with Gasteiger partial charge in [-0.3, -0.25) is 4.79 Å². The molecule has 3 rings (SSSR count). The summed E-state index contributed by atoms with van der Waals surface area (Å²) in [6, 6.07) is 10.6. The number of hydrogen-bond acceptors (Lipinski definition) is 1. The second-order valence-corrected chi connectivity index (χ2v) is 5.33. The maximum Gasteiger partial charge on any atom is 0.307 e. The fraction of sp³-hybridized carbons (Fsp3) is 0.235. The van der Waals surface area contributed by atoms with Crippen LogP contribution < -0.4 is 0 Å². The average Bonchev–Trinajstić information content (AvgIpc) is 2.48. The number of aryl methyl sites for hydroxylation is 1. The number of fused-ring (bicyclic) bond motifs is 1. The highest BCUT2D eigenvalue weighted by molar-refractivity contribution is 5.73. The van der Waals surface area contributed by atoms with Crippen LogP contribution in [-0.4, -0.2) is 11.1 Å². The van der Waals surface area contributed by atoms with Crippen LogP contribution in [0.2, 0.25) is 0 Å². The standard InChI is InChI=1S/C17H14F2O2/c18-11-6-8-15(19)14(9-11)16-12-4-2-1-3-10(12)5-7-13(16)17(20)21/h1-4,6,8-9,13,16H,5,7H2,(H,20,21). The van der Waals surface area contributed by atoms with Crippen LogP contribution in [0, 0.1) is 17.6 Å². The van der Waals surface area contributed by atoms with E-state index in [0.29, 0.717) is 12.8 Å². The first kappa shape index (κ1) is 13.7. The number of rotatable bonds is 2. The summed E-state index contributed by atoms with van der Waals surface area (Å²) in [6.45, 7) is 0. The fourth-order valence-electron chi connectivity index (χ4n) is 3.16. The molecule has 2 aromatic carbocycles. The van der Waals surface area contributed by atoms with Gasteiger partial charge in [0.25, 0.3) is 0 Å². The molecule has 21 heavy (non-hydrogen) atoms. The summed E-state index contributed by atoms with van der Waals surface area (Å²) in [5.41, 5.74) is 1.90. The highest BCUT2D eigenvalue weighted by atomic mass is 19.1. The van der Waals surface area contributed by atoms with E-state index < -0.39 is 29.4 Å². The molecule has 0 bridgehead atoms. The lowest BCUT2D eigenvalue weighted by molar-refractivity contribution is -0.142. The van der Waals surface area contributed by atoms with Crippen LogP contribution in [0.1, 0.15) is 29.0 Å². The van der Waals surface area contributed by atoms with Crippen LogP contribution >= 0.6 is 0 Å². The van der Waals surface area contributed by atoms with E-state index >= 15 is 0 Å². The number of aliphatic carboxylic acids is 1. The van der Waals surface area contributed by atoms with Gasteiger partial charge in [0.1, 0.15) is 11.6 Å². The quantitative estimate of drug-likeness (QED) is 0.914. The molecule has 0 fully saturated rings. The lowest BCUT2D eigenvalue weighted by Gasteiger charge is -2.31. The summed E-state index contributed by atoms with van der Waals surface area (Å²) in [6.07, 6.45) is 1.06. The summed E-state index contributed by atoms with van der Waals surface area (Å²) < 4.78 is 27.6. The Labute approximate surface area is 121 Å². The third-order valence-corrected chi connectivity index (χ3v) is 4.13. The molecule has 0 amide bonds. The minimum absolute atomic E-state index is 0.120. The van der Waals surface area contributed by atoms with E-state index in [-0.39, 0.29) is 5.56 Å². The normalized spacial score (nSPS) is 20.9. The maximum absolute atomic E-state index is 14.1. The van der Waals surface area contributed by atoms with Gasteiger partial charge in [0, 0.05) is 5.92 Å². The molecule has 0 aromatic heterocycles. The second kappa shape index (κ2) is 5.28. The van der Waals surface area contributed by atoms with Gasteiger partial charge < -0.3 is 5.11 Å². The third kappa shape index (κ3) is 2.42.